The van der Waals surface area contributed by atoms with Crippen molar-refractivity contribution in [2.24, 2.45) is 0 Å². The van der Waals surface area contributed by atoms with Crippen LogP contribution in [0.5, 0.6) is 5.75 Å². The van der Waals surface area contributed by atoms with Crippen molar-refractivity contribution in [2.45, 2.75) is 31.7 Å². The standard InChI is InChI=1S/C23H22F3N3O2/c24-23(25,26)31-20-11-4-2-9-18(20)22(30)29-14-6-5-8-17(29)15-27-21-13-12-16-7-1-3-10-19(16)28-21/h1-4,7,9-13,17H,5-6,8,14-15H2,(H,27,28). The van der Waals surface area contributed by atoms with Crippen LogP contribution in [0.25, 0.3) is 10.9 Å². The van der Waals surface area contributed by atoms with Crippen LogP contribution in [0.3, 0.4) is 0 Å². The molecule has 0 spiro atoms. The van der Waals surface area contributed by atoms with Crippen LogP contribution in [0.15, 0.2) is 60.7 Å². The number of anilines is 1. The number of para-hydroxylation sites is 2. The summed E-state index contributed by atoms with van der Waals surface area (Å²) in [5, 5.41) is 4.31. The van der Waals surface area contributed by atoms with Gasteiger partial charge in [-0.15, -0.1) is 13.2 Å². The van der Waals surface area contributed by atoms with Crippen LogP contribution in [0.2, 0.25) is 0 Å². The Hall–Kier alpha value is -3.29. The Kier molecular flexibility index (Phi) is 5.97. The molecule has 3 aromatic rings. The molecule has 2 aromatic carbocycles. The zero-order chi connectivity index (χ0) is 21.8. The molecular weight excluding hydrogens is 407 g/mol. The smallest absolute Gasteiger partial charge is 0.405 e. The minimum Gasteiger partial charge on any atom is -0.405 e. The van der Waals surface area contributed by atoms with Crippen LogP contribution in [0, 0.1) is 0 Å². The molecular formula is C23H22F3N3O2. The number of amides is 1. The van der Waals surface area contributed by atoms with Gasteiger partial charge < -0.3 is 15.0 Å². The third kappa shape index (κ3) is 5.07. The molecule has 5 nitrogen and oxygen atoms in total. The average molecular weight is 429 g/mol. The molecule has 0 saturated carbocycles. The van der Waals surface area contributed by atoms with Gasteiger partial charge in [-0.2, -0.15) is 0 Å². The summed E-state index contributed by atoms with van der Waals surface area (Å²) in [6, 6.07) is 16.9. The van der Waals surface area contributed by atoms with E-state index in [1.807, 2.05) is 36.4 Å². The number of pyridine rings is 1. The highest BCUT2D eigenvalue weighted by molar-refractivity contribution is 5.97. The van der Waals surface area contributed by atoms with Gasteiger partial charge in [-0.25, -0.2) is 4.98 Å². The fourth-order valence-electron chi connectivity index (χ4n) is 3.88. The number of aromatic nitrogens is 1. The van der Waals surface area contributed by atoms with E-state index in [-0.39, 0.29) is 11.6 Å². The topological polar surface area (TPSA) is 54.5 Å². The zero-order valence-electron chi connectivity index (χ0n) is 16.7. The maximum absolute atomic E-state index is 13.1. The van der Waals surface area contributed by atoms with Crippen LogP contribution in [0.4, 0.5) is 19.0 Å². The maximum Gasteiger partial charge on any atom is 0.573 e. The van der Waals surface area contributed by atoms with Crippen molar-refractivity contribution in [1.29, 1.82) is 0 Å². The minimum absolute atomic E-state index is 0.0874. The van der Waals surface area contributed by atoms with Crippen molar-refractivity contribution >= 4 is 22.6 Å². The number of rotatable bonds is 5. The maximum atomic E-state index is 13.1. The molecule has 1 unspecified atom stereocenters. The number of likely N-dealkylation sites (tertiary alicyclic amines) is 1. The highest BCUT2D eigenvalue weighted by Gasteiger charge is 2.35. The monoisotopic (exact) mass is 429 g/mol. The predicted molar refractivity (Wildman–Crippen MR) is 112 cm³/mol. The van der Waals surface area contributed by atoms with E-state index in [1.54, 1.807) is 4.90 Å². The molecule has 4 rings (SSSR count). The van der Waals surface area contributed by atoms with Gasteiger partial charge in [0, 0.05) is 24.5 Å². The van der Waals surface area contributed by atoms with Crippen LogP contribution < -0.4 is 10.1 Å². The summed E-state index contributed by atoms with van der Waals surface area (Å²) < 4.78 is 42.4. The van der Waals surface area contributed by atoms with Crippen molar-refractivity contribution in [2.75, 3.05) is 18.4 Å². The first-order valence-corrected chi connectivity index (χ1v) is 10.2. The molecule has 1 saturated heterocycles. The summed E-state index contributed by atoms with van der Waals surface area (Å²) in [6.45, 7) is 0.941. The Morgan fingerprint density at radius 1 is 1.06 bits per heavy atom. The van der Waals surface area contributed by atoms with Gasteiger partial charge in [0.15, 0.2) is 0 Å². The van der Waals surface area contributed by atoms with Gasteiger partial charge in [0.1, 0.15) is 11.6 Å². The fraction of sp³-hybridized carbons (Fsp3) is 0.304. The number of halogens is 3. The summed E-state index contributed by atoms with van der Waals surface area (Å²) >= 11 is 0. The number of carbonyl (C=O) groups excluding carboxylic acids is 1. The van der Waals surface area contributed by atoms with Crippen molar-refractivity contribution in [3.05, 3.63) is 66.2 Å². The highest BCUT2D eigenvalue weighted by atomic mass is 19.4. The van der Waals surface area contributed by atoms with E-state index >= 15 is 0 Å². The lowest BCUT2D eigenvalue weighted by Crippen LogP contribution is -2.47. The van der Waals surface area contributed by atoms with Crippen molar-refractivity contribution < 1.29 is 22.7 Å². The largest absolute Gasteiger partial charge is 0.573 e. The lowest BCUT2D eigenvalue weighted by atomic mass is 10.0. The molecule has 0 radical (unpaired) electrons. The fourth-order valence-corrected chi connectivity index (χ4v) is 3.88. The van der Waals surface area contributed by atoms with E-state index in [4.69, 9.17) is 0 Å². The van der Waals surface area contributed by atoms with E-state index in [2.05, 4.69) is 15.0 Å². The molecule has 2 heterocycles. The number of piperidine rings is 1. The average Bonchev–Trinajstić information content (AvgIpc) is 2.76. The first-order valence-electron chi connectivity index (χ1n) is 10.2. The number of benzene rings is 2. The predicted octanol–water partition coefficient (Wildman–Crippen LogP) is 5.24. The van der Waals surface area contributed by atoms with Crippen LogP contribution >= 0.6 is 0 Å². The van der Waals surface area contributed by atoms with Crippen molar-refractivity contribution in [3.8, 4) is 5.75 Å². The Balaban J connectivity index is 1.50. The van der Waals surface area contributed by atoms with Crippen molar-refractivity contribution in [3.63, 3.8) is 0 Å². The quantitative estimate of drug-likeness (QED) is 0.603. The zero-order valence-corrected chi connectivity index (χ0v) is 16.7. The molecule has 0 aliphatic carbocycles. The van der Waals surface area contributed by atoms with Crippen molar-refractivity contribution in [1.82, 2.24) is 9.88 Å². The second-order valence-electron chi connectivity index (χ2n) is 7.46. The van der Waals surface area contributed by atoms with Crippen LogP contribution in [-0.2, 0) is 0 Å². The summed E-state index contributed by atoms with van der Waals surface area (Å²) in [4.78, 5) is 19.4. The molecule has 1 fully saturated rings. The van der Waals surface area contributed by atoms with Gasteiger partial charge in [0.2, 0.25) is 0 Å². The molecule has 31 heavy (non-hydrogen) atoms. The van der Waals surface area contributed by atoms with E-state index in [0.29, 0.717) is 18.9 Å². The molecule has 1 aliphatic heterocycles. The third-order valence-electron chi connectivity index (χ3n) is 5.35. The molecule has 1 aromatic heterocycles. The van der Waals surface area contributed by atoms with Gasteiger partial charge in [-0.05, 0) is 49.6 Å². The van der Waals surface area contributed by atoms with Gasteiger partial charge >= 0.3 is 6.36 Å². The molecule has 1 N–H and O–H groups in total. The van der Waals surface area contributed by atoms with Crippen LogP contribution in [-0.4, -0.2) is 41.3 Å². The molecule has 1 amide bonds. The minimum atomic E-state index is -4.86. The second-order valence-corrected chi connectivity index (χ2v) is 7.46. The summed E-state index contributed by atoms with van der Waals surface area (Å²) in [6.07, 6.45) is -2.35. The highest BCUT2D eigenvalue weighted by Crippen LogP contribution is 2.29. The van der Waals surface area contributed by atoms with Crippen LogP contribution in [0.1, 0.15) is 29.6 Å². The molecule has 1 aliphatic rings. The first kappa shape index (κ1) is 21.0. The summed E-state index contributed by atoms with van der Waals surface area (Å²) in [7, 11) is 0. The number of nitrogens with one attached hydrogen (secondary N) is 1. The third-order valence-corrected chi connectivity index (χ3v) is 5.35. The number of carbonyl (C=O) groups is 1. The van der Waals surface area contributed by atoms with E-state index in [9.17, 15) is 18.0 Å². The van der Waals surface area contributed by atoms with E-state index < -0.39 is 18.0 Å². The number of alkyl halides is 3. The molecule has 1 atom stereocenters. The Morgan fingerprint density at radius 2 is 1.84 bits per heavy atom. The molecule has 0 bridgehead atoms. The normalized spacial score (nSPS) is 16.9. The van der Waals surface area contributed by atoms with Gasteiger partial charge in [0.05, 0.1) is 11.1 Å². The van der Waals surface area contributed by atoms with E-state index in [1.165, 1.54) is 18.2 Å². The molecule has 8 heteroatoms. The lowest BCUT2D eigenvalue weighted by molar-refractivity contribution is -0.274. The summed E-state index contributed by atoms with van der Waals surface area (Å²) in [5.74, 6) is -0.247. The first-order chi connectivity index (χ1) is 14.9. The lowest BCUT2D eigenvalue weighted by Gasteiger charge is -2.36. The Labute approximate surface area is 177 Å². The second kappa shape index (κ2) is 8.83. The van der Waals surface area contributed by atoms with Gasteiger partial charge in [-0.1, -0.05) is 30.3 Å². The number of ether oxygens (including phenoxy) is 1. The van der Waals surface area contributed by atoms with Gasteiger partial charge in [-0.3, -0.25) is 4.79 Å². The summed E-state index contributed by atoms with van der Waals surface area (Å²) in [5.41, 5.74) is 0.776. The number of hydrogen-bond donors (Lipinski definition) is 1. The van der Waals surface area contributed by atoms with E-state index in [0.717, 1.165) is 36.2 Å². The number of hydrogen-bond acceptors (Lipinski definition) is 4. The Morgan fingerprint density at radius 3 is 2.68 bits per heavy atom. The number of nitrogens with zero attached hydrogens (tertiary/aromatic N) is 2. The SMILES string of the molecule is O=C(c1ccccc1OC(F)(F)F)N1CCCCC1CNc1ccc2ccccc2n1. The van der Waals surface area contributed by atoms with Gasteiger partial charge in [0.25, 0.3) is 5.91 Å². The Bertz CT molecular complexity index is 1070. The molecule has 162 valence electrons. The number of fused-ring (bicyclic) bond motifs is 1.